The first-order chi connectivity index (χ1) is 15.7. The summed E-state index contributed by atoms with van der Waals surface area (Å²) >= 11 is 1.43. The zero-order valence-corrected chi connectivity index (χ0v) is 19.9. The molecule has 0 N–H and O–H groups in total. The Labute approximate surface area is 195 Å². The molecular weight excluding hydrogens is 463 g/mol. The number of hydrogen-bond donors (Lipinski definition) is 0. The molecule has 9 heteroatoms. The fraction of sp³-hybridized carbons (Fsp3) is 0.250. The van der Waals surface area contributed by atoms with Crippen molar-refractivity contribution < 1.29 is 22.0 Å². The second kappa shape index (κ2) is 9.44. The van der Waals surface area contributed by atoms with Gasteiger partial charge in [-0.3, -0.25) is 9.69 Å². The minimum absolute atomic E-state index is 0.0228. The molecule has 1 amide bonds. The monoisotopic (exact) mass is 486 g/mol. The van der Waals surface area contributed by atoms with E-state index in [0.29, 0.717) is 10.9 Å². The zero-order chi connectivity index (χ0) is 23.6. The lowest BCUT2D eigenvalue weighted by atomic mass is 10.1. The Balaban J connectivity index is 1.54. The third-order valence-electron chi connectivity index (χ3n) is 5.33. The molecule has 0 aliphatic rings. The molecule has 4 rings (SSSR count). The molecule has 0 radical (unpaired) electrons. The molecule has 172 valence electrons. The van der Waals surface area contributed by atoms with Crippen LogP contribution in [-0.2, 0) is 21.2 Å². The summed E-state index contributed by atoms with van der Waals surface area (Å²) in [7, 11) is -3.61. The van der Waals surface area contributed by atoms with Gasteiger partial charge in [-0.2, -0.15) is 0 Å². The summed E-state index contributed by atoms with van der Waals surface area (Å²) in [5.74, 6) is -0.346. The molecule has 33 heavy (non-hydrogen) atoms. The fourth-order valence-electron chi connectivity index (χ4n) is 3.49. The highest BCUT2D eigenvalue weighted by Crippen LogP contribution is 2.34. The predicted molar refractivity (Wildman–Crippen MR) is 127 cm³/mol. The zero-order valence-electron chi connectivity index (χ0n) is 18.2. The molecule has 0 bridgehead atoms. The molecule has 0 aliphatic heterocycles. The lowest BCUT2D eigenvalue weighted by Gasteiger charge is -2.18. The number of anilines is 1. The van der Waals surface area contributed by atoms with E-state index >= 15 is 0 Å². The van der Waals surface area contributed by atoms with E-state index in [-0.39, 0.29) is 35.9 Å². The van der Waals surface area contributed by atoms with Gasteiger partial charge in [0.2, 0.25) is 5.91 Å². The van der Waals surface area contributed by atoms with Gasteiger partial charge in [0, 0.05) is 6.42 Å². The number of nitrogens with zero attached hydrogens (tertiary/aromatic N) is 2. The molecule has 0 atom stereocenters. The van der Waals surface area contributed by atoms with Crippen LogP contribution in [0.15, 0.2) is 64.1 Å². The Bertz CT molecular complexity index is 1340. The van der Waals surface area contributed by atoms with Crippen molar-refractivity contribution in [2.24, 2.45) is 0 Å². The minimum atomic E-state index is -3.61. The van der Waals surface area contributed by atoms with Gasteiger partial charge in [-0.05, 0) is 67.8 Å². The van der Waals surface area contributed by atoms with E-state index in [0.717, 1.165) is 33.5 Å². The number of fused-ring (bicyclic) bond motifs is 1. The van der Waals surface area contributed by atoms with Crippen molar-refractivity contribution in [2.45, 2.75) is 38.1 Å². The van der Waals surface area contributed by atoms with Crippen molar-refractivity contribution in [2.75, 3.05) is 10.7 Å². The summed E-state index contributed by atoms with van der Waals surface area (Å²) in [5.41, 5.74) is 2.95. The van der Waals surface area contributed by atoms with E-state index in [2.05, 4.69) is 0 Å². The van der Waals surface area contributed by atoms with Crippen molar-refractivity contribution in [3.63, 3.8) is 0 Å². The first kappa shape index (κ1) is 23.1. The lowest BCUT2D eigenvalue weighted by molar-refractivity contribution is -0.118. The number of rotatable bonds is 8. The normalized spacial score (nSPS) is 11.7. The molecule has 6 nitrogen and oxygen atoms in total. The van der Waals surface area contributed by atoms with Crippen LogP contribution in [0.2, 0.25) is 0 Å². The third-order valence-corrected chi connectivity index (χ3v) is 8.36. The number of aryl methyl sites for hydroxylation is 2. The van der Waals surface area contributed by atoms with Crippen LogP contribution in [-0.4, -0.2) is 25.1 Å². The summed E-state index contributed by atoms with van der Waals surface area (Å²) in [5, 5.41) is 0.546. The van der Waals surface area contributed by atoms with E-state index in [1.165, 1.54) is 23.5 Å². The Hall–Kier alpha value is -3.04. The number of amides is 1. The van der Waals surface area contributed by atoms with Crippen LogP contribution in [0, 0.1) is 19.7 Å². The Kier molecular flexibility index (Phi) is 6.62. The van der Waals surface area contributed by atoms with Crippen LogP contribution in [0.5, 0.6) is 0 Å². The van der Waals surface area contributed by atoms with E-state index in [1.54, 1.807) is 23.3 Å². The van der Waals surface area contributed by atoms with Crippen LogP contribution in [0.4, 0.5) is 9.52 Å². The molecule has 0 unspecified atom stereocenters. The number of thiazole rings is 1. The number of furan rings is 1. The quantitative estimate of drug-likeness (QED) is 0.310. The number of hydrogen-bond acceptors (Lipinski definition) is 6. The molecule has 2 aromatic carbocycles. The summed E-state index contributed by atoms with van der Waals surface area (Å²) in [6.07, 6.45) is 1.70. The molecular formula is C24H23FN2O4S2. The van der Waals surface area contributed by atoms with Crippen molar-refractivity contribution in [3.8, 4) is 0 Å². The van der Waals surface area contributed by atoms with Gasteiger partial charge in [0.25, 0.3) is 0 Å². The standard InChI is InChI=1S/C24H23FN2O4S2/c1-16-7-8-17(2)23-22(16)26-24(32-23)27(15-19-5-3-13-31-19)21(28)6-4-14-33(29,30)20-11-9-18(25)10-12-20/h3,5,7-13H,4,6,14-15H2,1-2H3. The molecule has 4 aromatic rings. The van der Waals surface area contributed by atoms with Gasteiger partial charge < -0.3 is 4.42 Å². The van der Waals surface area contributed by atoms with Crippen molar-refractivity contribution >= 4 is 42.4 Å². The van der Waals surface area contributed by atoms with Gasteiger partial charge in [0.1, 0.15) is 11.6 Å². The molecule has 0 aliphatic carbocycles. The number of halogens is 1. The average Bonchev–Trinajstić information content (AvgIpc) is 3.45. The molecule has 2 heterocycles. The Morgan fingerprint density at radius 3 is 2.48 bits per heavy atom. The summed E-state index contributed by atoms with van der Waals surface area (Å²) in [6, 6.07) is 12.3. The smallest absolute Gasteiger partial charge is 0.229 e. The van der Waals surface area contributed by atoms with Gasteiger partial charge in [-0.25, -0.2) is 17.8 Å². The van der Waals surface area contributed by atoms with Gasteiger partial charge in [0.15, 0.2) is 15.0 Å². The van der Waals surface area contributed by atoms with Crippen molar-refractivity contribution in [3.05, 3.63) is 77.5 Å². The average molecular weight is 487 g/mol. The summed E-state index contributed by atoms with van der Waals surface area (Å²) in [4.78, 5) is 19.5. The largest absolute Gasteiger partial charge is 0.467 e. The fourth-order valence-corrected chi connectivity index (χ4v) is 5.93. The van der Waals surface area contributed by atoms with Crippen LogP contribution in [0.1, 0.15) is 29.7 Å². The summed E-state index contributed by atoms with van der Waals surface area (Å²) < 4.78 is 44.6. The molecule has 0 fully saturated rings. The molecule has 0 spiro atoms. The van der Waals surface area contributed by atoms with E-state index in [1.807, 2.05) is 26.0 Å². The molecule has 0 saturated heterocycles. The topological polar surface area (TPSA) is 80.5 Å². The van der Waals surface area contributed by atoms with Crippen molar-refractivity contribution in [1.29, 1.82) is 0 Å². The highest BCUT2D eigenvalue weighted by atomic mass is 32.2. The number of carbonyl (C=O) groups is 1. The number of benzene rings is 2. The van der Waals surface area contributed by atoms with Crippen LogP contribution in [0.3, 0.4) is 0 Å². The van der Waals surface area contributed by atoms with Crippen LogP contribution in [0.25, 0.3) is 10.2 Å². The Morgan fingerprint density at radius 2 is 1.82 bits per heavy atom. The number of aromatic nitrogens is 1. The predicted octanol–water partition coefficient (Wildman–Crippen LogP) is 5.43. The van der Waals surface area contributed by atoms with E-state index < -0.39 is 15.7 Å². The van der Waals surface area contributed by atoms with Crippen LogP contribution >= 0.6 is 11.3 Å². The van der Waals surface area contributed by atoms with Gasteiger partial charge in [0.05, 0.1) is 33.7 Å². The molecule has 0 saturated carbocycles. The second-order valence-corrected chi connectivity index (χ2v) is 10.9. The van der Waals surface area contributed by atoms with E-state index in [9.17, 15) is 17.6 Å². The maximum atomic E-state index is 13.2. The molecule has 2 aromatic heterocycles. The van der Waals surface area contributed by atoms with E-state index in [4.69, 9.17) is 9.40 Å². The van der Waals surface area contributed by atoms with Crippen LogP contribution < -0.4 is 4.90 Å². The third kappa shape index (κ3) is 5.15. The first-order valence-electron chi connectivity index (χ1n) is 10.4. The lowest BCUT2D eigenvalue weighted by Crippen LogP contribution is -2.30. The second-order valence-electron chi connectivity index (χ2n) is 7.81. The van der Waals surface area contributed by atoms with Gasteiger partial charge in [-0.1, -0.05) is 23.5 Å². The van der Waals surface area contributed by atoms with Crippen molar-refractivity contribution in [1.82, 2.24) is 4.98 Å². The summed E-state index contributed by atoms with van der Waals surface area (Å²) in [6.45, 7) is 4.18. The highest BCUT2D eigenvalue weighted by Gasteiger charge is 2.23. The maximum Gasteiger partial charge on any atom is 0.229 e. The first-order valence-corrected chi connectivity index (χ1v) is 12.9. The van der Waals surface area contributed by atoms with Gasteiger partial charge in [-0.15, -0.1) is 0 Å². The SMILES string of the molecule is Cc1ccc(C)c2sc(N(Cc3ccco3)C(=O)CCCS(=O)(=O)c3ccc(F)cc3)nc12. The van der Waals surface area contributed by atoms with Gasteiger partial charge >= 0.3 is 0 Å². The number of sulfone groups is 1. The maximum absolute atomic E-state index is 13.2. The number of carbonyl (C=O) groups excluding carboxylic acids is 1. The highest BCUT2D eigenvalue weighted by molar-refractivity contribution is 7.91. The Morgan fingerprint density at radius 1 is 1.09 bits per heavy atom. The minimum Gasteiger partial charge on any atom is -0.467 e.